The molecule has 0 saturated heterocycles. The highest BCUT2D eigenvalue weighted by Crippen LogP contribution is 2.25. The quantitative estimate of drug-likeness (QED) is 0.114. The van der Waals surface area contributed by atoms with Gasteiger partial charge < -0.3 is 0 Å². The predicted octanol–water partition coefficient (Wildman–Crippen LogP) is 10.6. The highest BCUT2D eigenvalue weighted by molar-refractivity contribution is 5.18. The number of hydrogen-bond acceptors (Lipinski definition) is 0. The van der Waals surface area contributed by atoms with Crippen LogP contribution in [0.4, 0.5) is 0 Å². The van der Waals surface area contributed by atoms with E-state index in [0.717, 1.165) is 24.1 Å². The summed E-state index contributed by atoms with van der Waals surface area (Å²) in [5.41, 5.74) is 4.19. The van der Waals surface area contributed by atoms with Crippen molar-refractivity contribution in [2.24, 2.45) is 0 Å². The number of quaternary nitrogens is 1. The normalized spacial score (nSPS) is 11.8. The molecule has 0 unspecified atom stereocenters. The van der Waals surface area contributed by atoms with E-state index in [0.29, 0.717) is 0 Å². The molecule has 3 aromatic rings. The molecule has 0 aromatic heterocycles. The van der Waals surface area contributed by atoms with Crippen LogP contribution >= 0.6 is 0 Å². The lowest BCUT2D eigenvalue weighted by Gasteiger charge is -2.36. The molecule has 0 N–H and O–H groups in total. The third-order valence-electron chi connectivity index (χ3n) is 7.42. The van der Waals surface area contributed by atoms with Gasteiger partial charge in [-0.1, -0.05) is 162 Å². The molecule has 1 nitrogen and oxygen atoms in total. The van der Waals surface area contributed by atoms with Crippen LogP contribution in [0.3, 0.4) is 0 Å². The number of unbranched alkanes of at least 4 members (excludes halogenated alkanes) is 11. The summed E-state index contributed by atoms with van der Waals surface area (Å²) in [6, 6.07) is 33.1. The van der Waals surface area contributed by atoms with E-state index in [2.05, 4.69) is 110 Å². The standard InChI is InChI=1S/C36H50N/c1-2-3-4-5-6-7-8-9-10-11-12-13-23-30-37(31-34-24-17-14-18-25-34,32-35-26-19-15-20-27-35)33-36-28-21-16-22-29-36/h14-30H,2-13,31-33H2,1H3/q+1/b30-23+. The number of hydrogen-bond donors (Lipinski definition) is 0. The maximum Gasteiger partial charge on any atom is 0.109 e. The van der Waals surface area contributed by atoms with Crippen molar-refractivity contribution >= 4 is 0 Å². The molecule has 0 radical (unpaired) electrons. The number of nitrogens with zero attached hydrogens (tertiary/aromatic N) is 1. The lowest BCUT2D eigenvalue weighted by Crippen LogP contribution is -2.40. The number of allylic oxidation sites excluding steroid dienone is 1. The van der Waals surface area contributed by atoms with Gasteiger partial charge in [-0.15, -0.1) is 0 Å². The smallest absolute Gasteiger partial charge is 0.109 e. The van der Waals surface area contributed by atoms with E-state index in [-0.39, 0.29) is 0 Å². The monoisotopic (exact) mass is 496 g/mol. The summed E-state index contributed by atoms with van der Waals surface area (Å²) in [7, 11) is 0. The molecule has 3 rings (SSSR count). The van der Waals surface area contributed by atoms with Crippen molar-refractivity contribution in [3.05, 3.63) is 120 Å². The first-order valence-corrected chi connectivity index (χ1v) is 14.9. The molecule has 1 heteroatoms. The van der Waals surface area contributed by atoms with E-state index < -0.39 is 0 Å². The van der Waals surface area contributed by atoms with Crippen LogP contribution in [0.5, 0.6) is 0 Å². The molecule has 0 aliphatic carbocycles. The van der Waals surface area contributed by atoms with Crippen molar-refractivity contribution in [3.63, 3.8) is 0 Å². The second-order valence-corrected chi connectivity index (χ2v) is 10.9. The van der Waals surface area contributed by atoms with Crippen LogP contribution in [-0.4, -0.2) is 4.48 Å². The van der Waals surface area contributed by atoms with E-state index in [9.17, 15) is 0 Å². The molecule has 0 aliphatic heterocycles. The van der Waals surface area contributed by atoms with Gasteiger partial charge in [0.25, 0.3) is 0 Å². The average Bonchev–Trinajstić information content (AvgIpc) is 2.93. The molecule has 0 aliphatic rings. The largest absolute Gasteiger partial charge is 0.286 e. The van der Waals surface area contributed by atoms with Crippen molar-refractivity contribution in [1.29, 1.82) is 0 Å². The van der Waals surface area contributed by atoms with Crippen LogP contribution in [0.15, 0.2) is 103 Å². The van der Waals surface area contributed by atoms with Gasteiger partial charge >= 0.3 is 0 Å². The summed E-state index contributed by atoms with van der Waals surface area (Å²) in [5.74, 6) is 0. The van der Waals surface area contributed by atoms with Gasteiger partial charge in [-0.25, -0.2) is 0 Å². The zero-order valence-electron chi connectivity index (χ0n) is 23.4. The van der Waals surface area contributed by atoms with Gasteiger partial charge in [-0.05, 0) is 18.9 Å². The number of rotatable bonds is 19. The average molecular weight is 497 g/mol. The summed E-state index contributed by atoms with van der Waals surface area (Å²) in [6.45, 7) is 5.29. The highest BCUT2D eigenvalue weighted by Gasteiger charge is 2.26. The molecular formula is C36H50N+. The summed E-state index contributed by atoms with van der Waals surface area (Å²) in [4.78, 5) is 0. The van der Waals surface area contributed by atoms with E-state index in [1.54, 1.807) is 0 Å². The Morgan fingerprint density at radius 3 is 1.19 bits per heavy atom. The maximum absolute atomic E-state index is 2.52. The molecule has 3 aromatic carbocycles. The van der Waals surface area contributed by atoms with Gasteiger partial charge in [0, 0.05) is 16.7 Å². The molecule has 0 heterocycles. The van der Waals surface area contributed by atoms with Gasteiger partial charge in [-0.2, -0.15) is 0 Å². The molecule has 0 fully saturated rings. The minimum atomic E-state index is 0.913. The van der Waals surface area contributed by atoms with Crippen LogP contribution in [0.2, 0.25) is 0 Å². The Balaban J connectivity index is 1.58. The Hall–Kier alpha value is -2.64. The second-order valence-electron chi connectivity index (χ2n) is 10.9. The van der Waals surface area contributed by atoms with Crippen molar-refractivity contribution < 1.29 is 4.48 Å². The van der Waals surface area contributed by atoms with E-state index in [1.165, 1.54) is 93.7 Å². The minimum absolute atomic E-state index is 0.913. The zero-order chi connectivity index (χ0) is 25.9. The minimum Gasteiger partial charge on any atom is -0.286 e. The predicted molar refractivity (Wildman–Crippen MR) is 161 cm³/mol. The third kappa shape index (κ3) is 12.0. The topological polar surface area (TPSA) is 0 Å². The first kappa shape index (κ1) is 28.9. The zero-order valence-corrected chi connectivity index (χ0v) is 23.4. The van der Waals surface area contributed by atoms with Crippen LogP contribution in [0.25, 0.3) is 0 Å². The summed E-state index contributed by atoms with van der Waals surface area (Å²) >= 11 is 0. The molecule has 0 atom stereocenters. The highest BCUT2D eigenvalue weighted by atomic mass is 15.3. The van der Waals surface area contributed by atoms with E-state index in [1.807, 2.05) is 0 Å². The van der Waals surface area contributed by atoms with Gasteiger partial charge in [0.15, 0.2) is 0 Å². The fourth-order valence-electron chi connectivity index (χ4n) is 5.39. The van der Waals surface area contributed by atoms with Crippen LogP contribution < -0.4 is 0 Å². The fourth-order valence-corrected chi connectivity index (χ4v) is 5.39. The second kappa shape index (κ2) is 17.8. The van der Waals surface area contributed by atoms with Crippen LogP contribution in [0.1, 0.15) is 101 Å². The molecular weight excluding hydrogens is 446 g/mol. The summed E-state index contributed by atoms with van der Waals surface area (Å²) in [5, 5.41) is 0. The SMILES string of the molecule is CCCCCCCCCCCCC/C=C/[N+](Cc1ccccc1)(Cc1ccccc1)Cc1ccccc1. The van der Waals surface area contributed by atoms with Crippen molar-refractivity contribution in [2.45, 2.75) is 104 Å². The molecule has 37 heavy (non-hydrogen) atoms. The molecule has 198 valence electrons. The Labute approximate surface area is 227 Å². The van der Waals surface area contributed by atoms with Crippen molar-refractivity contribution in [2.75, 3.05) is 0 Å². The molecule has 0 bridgehead atoms. The third-order valence-corrected chi connectivity index (χ3v) is 7.42. The van der Waals surface area contributed by atoms with Crippen LogP contribution in [0, 0.1) is 0 Å². The fraction of sp³-hybridized carbons (Fsp3) is 0.444. The van der Waals surface area contributed by atoms with Crippen molar-refractivity contribution in [1.82, 2.24) is 0 Å². The number of benzene rings is 3. The molecule has 0 spiro atoms. The maximum atomic E-state index is 2.52. The van der Waals surface area contributed by atoms with Gasteiger partial charge in [0.1, 0.15) is 19.6 Å². The van der Waals surface area contributed by atoms with Gasteiger partial charge in [0.05, 0.1) is 6.20 Å². The Morgan fingerprint density at radius 2 is 0.811 bits per heavy atom. The van der Waals surface area contributed by atoms with Crippen molar-refractivity contribution in [3.8, 4) is 0 Å². The summed E-state index contributed by atoms with van der Waals surface area (Å²) < 4.78 is 0.913. The van der Waals surface area contributed by atoms with Gasteiger partial charge in [-0.3, -0.25) is 4.48 Å². The van der Waals surface area contributed by atoms with Crippen LogP contribution in [-0.2, 0) is 19.6 Å². The van der Waals surface area contributed by atoms with Gasteiger partial charge in [0.2, 0.25) is 0 Å². The van der Waals surface area contributed by atoms with E-state index >= 15 is 0 Å². The Morgan fingerprint density at radius 1 is 0.459 bits per heavy atom. The first-order chi connectivity index (χ1) is 18.3. The lowest BCUT2D eigenvalue weighted by atomic mass is 10.0. The summed E-state index contributed by atoms with van der Waals surface area (Å²) in [6.07, 6.45) is 21.5. The Bertz CT molecular complexity index is 860. The molecule has 0 amide bonds. The Kier molecular flexibility index (Phi) is 13.9. The van der Waals surface area contributed by atoms with E-state index in [4.69, 9.17) is 0 Å². The first-order valence-electron chi connectivity index (χ1n) is 14.9. The molecule has 0 saturated carbocycles. The lowest BCUT2D eigenvalue weighted by molar-refractivity contribution is -0.919.